The van der Waals surface area contributed by atoms with Crippen LogP contribution < -0.4 is 10.1 Å². The zero-order valence-corrected chi connectivity index (χ0v) is 11.9. The summed E-state index contributed by atoms with van der Waals surface area (Å²) in [5.74, 6) is 0.728. The summed E-state index contributed by atoms with van der Waals surface area (Å²) in [6.07, 6.45) is 7.14. The van der Waals surface area contributed by atoms with Crippen LogP contribution in [0.4, 0.5) is 0 Å². The molecule has 106 valence electrons. The summed E-state index contributed by atoms with van der Waals surface area (Å²) in [7, 11) is 1.67. The molecule has 0 spiro atoms. The average Bonchev–Trinajstić information content (AvgIpc) is 2.48. The Kier molecular flexibility index (Phi) is 6.11. The van der Waals surface area contributed by atoms with Gasteiger partial charge in [0.05, 0.1) is 7.11 Å². The number of ether oxygens (including phenoxy) is 1. The number of rotatable bonds is 7. The second kappa shape index (κ2) is 8.12. The molecule has 1 N–H and O–H groups in total. The molecule has 0 unspecified atom stereocenters. The lowest BCUT2D eigenvalue weighted by molar-refractivity contribution is 0.225. The van der Waals surface area contributed by atoms with E-state index in [-0.39, 0.29) is 0 Å². The molecular weight excluding hydrogens is 238 g/mol. The first-order valence-electron chi connectivity index (χ1n) is 7.31. The molecule has 0 atom stereocenters. The minimum Gasteiger partial charge on any atom is -0.481 e. The van der Waals surface area contributed by atoms with Crippen molar-refractivity contribution in [1.29, 1.82) is 0 Å². The van der Waals surface area contributed by atoms with E-state index in [9.17, 15) is 0 Å². The van der Waals surface area contributed by atoms with E-state index in [0.717, 1.165) is 24.5 Å². The van der Waals surface area contributed by atoms with Gasteiger partial charge in [-0.05, 0) is 51.5 Å². The van der Waals surface area contributed by atoms with Crippen LogP contribution in [0.1, 0.15) is 31.2 Å². The Labute approximate surface area is 116 Å². The van der Waals surface area contributed by atoms with E-state index >= 15 is 0 Å². The van der Waals surface area contributed by atoms with E-state index in [1.165, 1.54) is 45.3 Å². The Morgan fingerprint density at radius 1 is 1.32 bits per heavy atom. The third-order valence-corrected chi connectivity index (χ3v) is 3.64. The van der Waals surface area contributed by atoms with Crippen LogP contribution in [0.3, 0.4) is 0 Å². The van der Waals surface area contributed by atoms with Crippen LogP contribution in [0.25, 0.3) is 0 Å². The summed E-state index contributed by atoms with van der Waals surface area (Å²) in [5, 5.41) is 3.47. The van der Waals surface area contributed by atoms with Crippen LogP contribution in [-0.2, 0) is 6.54 Å². The molecule has 19 heavy (non-hydrogen) atoms. The normalized spacial score (nSPS) is 16.5. The van der Waals surface area contributed by atoms with Crippen molar-refractivity contribution >= 4 is 0 Å². The number of methoxy groups -OCH3 is 1. The predicted molar refractivity (Wildman–Crippen MR) is 77.4 cm³/mol. The van der Waals surface area contributed by atoms with Crippen LogP contribution >= 0.6 is 0 Å². The standard InChI is InChI=1S/C15H25N3O/c1-19-15-14(7-5-9-17-15)13-16-8-6-12-18-10-3-2-4-11-18/h5,7,9,16H,2-4,6,8,10-13H2,1H3. The second-order valence-electron chi connectivity index (χ2n) is 5.10. The highest BCUT2D eigenvalue weighted by molar-refractivity contribution is 5.24. The number of hydrogen-bond donors (Lipinski definition) is 1. The molecule has 1 saturated heterocycles. The minimum absolute atomic E-state index is 0.728. The second-order valence-corrected chi connectivity index (χ2v) is 5.10. The number of pyridine rings is 1. The molecule has 1 aliphatic rings. The highest BCUT2D eigenvalue weighted by atomic mass is 16.5. The van der Waals surface area contributed by atoms with Gasteiger partial charge in [0.1, 0.15) is 0 Å². The maximum atomic E-state index is 5.24. The monoisotopic (exact) mass is 263 g/mol. The number of aromatic nitrogens is 1. The fourth-order valence-corrected chi connectivity index (χ4v) is 2.58. The molecule has 0 saturated carbocycles. The fraction of sp³-hybridized carbons (Fsp3) is 0.667. The molecule has 0 aliphatic carbocycles. The summed E-state index contributed by atoms with van der Waals surface area (Å²) in [6.45, 7) is 5.68. The van der Waals surface area contributed by atoms with Crippen molar-refractivity contribution in [3.05, 3.63) is 23.9 Å². The van der Waals surface area contributed by atoms with E-state index in [1.807, 2.05) is 6.07 Å². The Balaban J connectivity index is 1.61. The lowest BCUT2D eigenvalue weighted by atomic mass is 10.1. The van der Waals surface area contributed by atoms with Gasteiger partial charge in [-0.3, -0.25) is 0 Å². The Morgan fingerprint density at radius 2 is 2.16 bits per heavy atom. The van der Waals surface area contributed by atoms with Crippen molar-refractivity contribution in [1.82, 2.24) is 15.2 Å². The van der Waals surface area contributed by atoms with Crippen LogP contribution in [-0.4, -0.2) is 43.2 Å². The molecule has 0 amide bonds. The van der Waals surface area contributed by atoms with Gasteiger partial charge >= 0.3 is 0 Å². The molecule has 1 aromatic heterocycles. The van der Waals surface area contributed by atoms with Gasteiger partial charge in [-0.2, -0.15) is 0 Å². The molecule has 2 rings (SSSR count). The first kappa shape index (κ1) is 14.3. The highest BCUT2D eigenvalue weighted by Gasteiger charge is 2.08. The van der Waals surface area contributed by atoms with Gasteiger partial charge in [0.15, 0.2) is 0 Å². The molecule has 0 radical (unpaired) electrons. The third kappa shape index (κ3) is 4.80. The smallest absolute Gasteiger partial charge is 0.217 e. The summed E-state index contributed by atoms with van der Waals surface area (Å²) in [6, 6.07) is 4.01. The molecule has 1 aliphatic heterocycles. The maximum Gasteiger partial charge on any atom is 0.217 e. The Hall–Kier alpha value is -1.13. The van der Waals surface area contributed by atoms with Crippen molar-refractivity contribution in [2.75, 3.05) is 33.3 Å². The zero-order valence-electron chi connectivity index (χ0n) is 11.9. The number of piperidine rings is 1. The molecule has 1 aromatic rings. The number of nitrogens with zero attached hydrogens (tertiary/aromatic N) is 2. The van der Waals surface area contributed by atoms with Crippen LogP contribution in [0.5, 0.6) is 5.88 Å². The zero-order chi connectivity index (χ0) is 13.3. The topological polar surface area (TPSA) is 37.4 Å². The van der Waals surface area contributed by atoms with Crippen molar-refractivity contribution in [2.24, 2.45) is 0 Å². The van der Waals surface area contributed by atoms with E-state index in [0.29, 0.717) is 0 Å². The number of nitrogens with one attached hydrogen (secondary N) is 1. The van der Waals surface area contributed by atoms with Crippen molar-refractivity contribution in [3.8, 4) is 5.88 Å². The fourth-order valence-electron chi connectivity index (χ4n) is 2.58. The lowest BCUT2D eigenvalue weighted by Crippen LogP contribution is -2.32. The summed E-state index contributed by atoms with van der Waals surface area (Å²) in [5.41, 5.74) is 1.13. The van der Waals surface area contributed by atoms with Gasteiger partial charge in [-0.1, -0.05) is 12.5 Å². The van der Waals surface area contributed by atoms with Crippen LogP contribution in [0.2, 0.25) is 0 Å². The Bertz CT molecular complexity index is 364. The van der Waals surface area contributed by atoms with Gasteiger partial charge < -0.3 is 15.0 Å². The molecule has 2 heterocycles. The maximum absolute atomic E-state index is 5.24. The molecule has 1 fully saturated rings. The van der Waals surface area contributed by atoms with E-state index < -0.39 is 0 Å². The van der Waals surface area contributed by atoms with Gasteiger partial charge in [0.2, 0.25) is 5.88 Å². The molecular formula is C15H25N3O. The lowest BCUT2D eigenvalue weighted by Gasteiger charge is -2.26. The minimum atomic E-state index is 0.728. The molecule has 0 bridgehead atoms. The van der Waals surface area contributed by atoms with E-state index in [4.69, 9.17) is 4.74 Å². The highest BCUT2D eigenvalue weighted by Crippen LogP contribution is 2.12. The third-order valence-electron chi connectivity index (χ3n) is 3.64. The van der Waals surface area contributed by atoms with Crippen LogP contribution in [0, 0.1) is 0 Å². The van der Waals surface area contributed by atoms with Gasteiger partial charge in [-0.25, -0.2) is 4.98 Å². The average molecular weight is 263 g/mol. The molecule has 4 heteroatoms. The number of likely N-dealkylation sites (tertiary alicyclic amines) is 1. The summed E-state index contributed by atoms with van der Waals surface area (Å²) >= 11 is 0. The van der Waals surface area contributed by atoms with Crippen molar-refractivity contribution < 1.29 is 4.74 Å². The quantitative estimate of drug-likeness (QED) is 0.764. The van der Waals surface area contributed by atoms with Crippen molar-refractivity contribution in [3.63, 3.8) is 0 Å². The first-order chi connectivity index (χ1) is 9.40. The van der Waals surface area contributed by atoms with Gasteiger partial charge in [-0.15, -0.1) is 0 Å². The van der Waals surface area contributed by atoms with Crippen molar-refractivity contribution in [2.45, 2.75) is 32.2 Å². The first-order valence-corrected chi connectivity index (χ1v) is 7.31. The van der Waals surface area contributed by atoms with Crippen LogP contribution in [0.15, 0.2) is 18.3 Å². The molecule has 0 aromatic carbocycles. The Morgan fingerprint density at radius 3 is 2.95 bits per heavy atom. The SMILES string of the molecule is COc1ncccc1CNCCCN1CCCCC1. The summed E-state index contributed by atoms with van der Waals surface area (Å²) in [4.78, 5) is 6.78. The van der Waals surface area contributed by atoms with E-state index in [2.05, 4.69) is 21.3 Å². The largest absolute Gasteiger partial charge is 0.481 e. The summed E-state index contributed by atoms with van der Waals surface area (Å²) < 4.78 is 5.24. The predicted octanol–water partition coefficient (Wildman–Crippen LogP) is 2.06. The van der Waals surface area contributed by atoms with E-state index in [1.54, 1.807) is 13.3 Å². The van der Waals surface area contributed by atoms with Gasteiger partial charge in [0.25, 0.3) is 0 Å². The van der Waals surface area contributed by atoms with Gasteiger partial charge in [0, 0.05) is 18.3 Å². The molecule has 4 nitrogen and oxygen atoms in total. The number of hydrogen-bond acceptors (Lipinski definition) is 4.